The van der Waals surface area contributed by atoms with Gasteiger partial charge in [-0.15, -0.1) is 0 Å². The first kappa shape index (κ1) is 29.9. The fraction of sp³-hybridized carbons (Fsp3) is 0.273. The van der Waals surface area contributed by atoms with Crippen LogP contribution in [0.2, 0.25) is 0 Å². The zero-order chi connectivity index (χ0) is 28.3. The topological polar surface area (TPSA) is 40.2 Å². The average molecular weight is 576 g/mol. The van der Waals surface area contributed by atoms with Crippen LogP contribution < -0.4 is 40.2 Å². The van der Waals surface area contributed by atoms with E-state index in [0.717, 1.165) is 48.4 Å². The van der Waals surface area contributed by atoms with Crippen molar-refractivity contribution in [3.63, 3.8) is 0 Å². The molecule has 210 valence electrons. The molecule has 7 heteroatoms. The molecule has 0 aromatic heterocycles. The Bertz CT molecular complexity index is 1100. The van der Waals surface area contributed by atoms with Crippen LogP contribution in [0.15, 0.2) is 97.1 Å². The third kappa shape index (κ3) is 7.98. The van der Waals surface area contributed by atoms with Gasteiger partial charge in [-0.2, -0.15) is 0 Å². The smallest absolute Gasteiger partial charge is 0.118 e. The van der Waals surface area contributed by atoms with Crippen molar-refractivity contribution in [1.82, 2.24) is 4.90 Å². The molecule has 40 heavy (non-hydrogen) atoms. The van der Waals surface area contributed by atoms with E-state index in [0.29, 0.717) is 0 Å². The van der Waals surface area contributed by atoms with Crippen molar-refractivity contribution in [2.45, 2.75) is 0 Å². The van der Waals surface area contributed by atoms with Crippen molar-refractivity contribution < 1.29 is 18.9 Å². The number of hydrogen-bond donors (Lipinski definition) is 0. The zero-order valence-electron chi connectivity index (χ0n) is 24.0. The van der Waals surface area contributed by atoms with Crippen molar-refractivity contribution in [3.8, 4) is 23.0 Å². The molecule has 0 spiro atoms. The first-order valence-electron chi connectivity index (χ1n) is 13.3. The SMILES string of the molecule is COc1ccc(P(CCN(C)CCP(c2ccc(OC)cc2)c2ccc(OC)cc2)c2ccc(OC)cc2)cc1. The molecule has 0 amide bonds. The van der Waals surface area contributed by atoms with E-state index in [4.69, 9.17) is 18.9 Å². The Morgan fingerprint density at radius 2 is 0.650 bits per heavy atom. The third-order valence-electron chi connectivity index (χ3n) is 6.95. The van der Waals surface area contributed by atoms with Gasteiger partial charge in [0.2, 0.25) is 0 Å². The lowest BCUT2D eigenvalue weighted by Crippen LogP contribution is -2.29. The molecule has 0 heterocycles. The molecule has 0 fully saturated rings. The monoisotopic (exact) mass is 575 g/mol. The lowest BCUT2D eigenvalue weighted by atomic mass is 10.3. The molecule has 0 atom stereocenters. The highest BCUT2D eigenvalue weighted by molar-refractivity contribution is 7.73. The molecule has 4 aromatic rings. The number of methoxy groups -OCH3 is 4. The highest BCUT2D eigenvalue weighted by atomic mass is 31.1. The highest BCUT2D eigenvalue weighted by Gasteiger charge is 2.18. The van der Waals surface area contributed by atoms with Gasteiger partial charge >= 0.3 is 0 Å². The number of nitrogens with zero attached hydrogens (tertiary/aromatic N) is 1. The zero-order valence-corrected chi connectivity index (χ0v) is 25.8. The largest absolute Gasteiger partial charge is 0.497 e. The normalized spacial score (nSPS) is 11.2. The Kier molecular flexibility index (Phi) is 11.2. The molecule has 4 rings (SSSR count). The summed E-state index contributed by atoms with van der Waals surface area (Å²) >= 11 is 0. The summed E-state index contributed by atoms with van der Waals surface area (Å²) in [4.78, 5) is 2.48. The summed E-state index contributed by atoms with van der Waals surface area (Å²) in [6.07, 6.45) is 2.15. The Labute approximate surface area is 241 Å². The lowest BCUT2D eigenvalue weighted by molar-refractivity contribution is 0.378. The minimum Gasteiger partial charge on any atom is -0.497 e. The van der Waals surface area contributed by atoms with E-state index in [2.05, 4.69) is 109 Å². The first-order chi connectivity index (χ1) is 19.5. The van der Waals surface area contributed by atoms with Crippen molar-refractivity contribution in [2.24, 2.45) is 0 Å². The summed E-state index contributed by atoms with van der Waals surface area (Å²) in [5.41, 5.74) is 0. The van der Waals surface area contributed by atoms with Crippen molar-refractivity contribution in [1.29, 1.82) is 0 Å². The molecule has 0 bridgehead atoms. The van der Waals surface area contributed by atoms with Crippen LogP contribution in [0.3, 0.4) is 0 Å². The molecule has 0 radical (unpaired) electrons. The number of benzene rings is 4. The summed E-state index contributed by atoms with van der Waals surface area (Å²) in [5.74, 6) is 3.54. The molecule has 0 aliphatic heterocycles. The van der Waals surface area contributed by atoms with Crippen LogP contribution in [0.25, 0.3) is 0 Å². The van der Waals surface area contributed by atoms with E-state index >= 15 is 0 Å². The van der Waals surface area contributed by atoms with E-state index in [1.165, 1.54) is 21.2 Å². The quantitative estimate of drug-likeness (QED) is 0.193. The summed E-state index contributed by atoms with van der Waals surface area (Å²) in [5, 5.41) is 5.42. The number of rotatable bonds is 14. The van der Waals surface area contributed by atoms with Crippen LogP contribution in [-0.4, -0.2) is 65.8 Å². The highest BCUT2D eigenvalue weighted by Crippen LogP contribution is 2.36. The van der Waals surface area contributed by atoms with Crippen LogP contribution in [0.5, 0.6) is 23.0 Å². The predicted octanol–water partition coefficient (Wildman–Crippen LogP) is 5.22. The Balaban J connectivity index is 1.47. The fourth-order valence-corrected chi connectivity index (χ4v) is 9.26. The Hall–Kier alpha value is -3.10. The van der Waals surface area contributed by atoms with Crippen LogP contribution in [-0.2, 0) is 0 Å². The molecule has 4 aromatic carbocycles. The third-order valence-corrected chi connectivity index (χ3v) is 11.9. The molecule has 0 aliphatic rings. The molecule has 0 N–H and O–H groups in total. The number of hydrogen-bond acceptors (Lipinski definition) is 5. The second kappa shape index (κ2) is 15.1. The van der Waals surface area contributed by atoms with Crippen LogP contribution in [0, 0.1) is 0 Å². The molecule has 0 aliphatic carbocycles. The summed E-state index contributed by atoms with van der Waals surface area (Å²) in [6, 6.07) is 34.2. The van der Waals surface area contributed by atoms with E-state index in [-0.39, 0.29) is 0 Å². The molecule has 0 saturated heterocycles. The predicted molar refractivity (Wildman–Crippen MR) is 172 cm³/mol. The van der Waals surface area contributed by atoms with E-state index in [1.54, 1.807) is 28.4 Å². The lowest BCUT2D eigenvalue weighted by Gasteiger charge is -2.26. The van der Waals surface area contributed by atoms with Crippen LogP contribution >= 0.6 is 15.8 Å². The van der Waals surface area contributed by atoms with Crippen molar-refractivity contribution >= 4 is 37.1 Å². The molecule has 0 unspecified atom stereocenters. The van der Waals surface area contributed by atoms with Gasteiger partial charge in [-0.05, 0) is 105 Å². The van der Waals surface area contributed by atoms with Gasteiger partial charge in [0.05, 0.1) is 28.4 Å². The molecule has 5 nitrogen and oxygen atoms in total. The maximum Gasteiger partial charge on any atom is 0.118 e. The summed E-state index contributed by atoms with van der Waals surface area (Å²) in [6.45, 7) is 2.02. The second-order valence-corrected chi connectivity index (χ2v) is 14.1. The molecular weight excluding hydrogens is 536 g/mol. The summed E-state index contributed by atoms with van der Waals surface area (Å²) < 4.78 is 21.6. The standard InChI is InChI=1S/C33H39NO4P2/c1-34(22-24-39(30-14-6-26(35-2)7-15-30)31-16-8-27(36-3)9-17-31)23-25-40(32-18-10-28(37-4)11-19-32)33-20-12-29(38-5)13-21-33/h6-21H,22-25H2,1-5H3. The van der Waals surface area contributed by atoms with Crippen LogP contribution in [0.1, 0.15) is 0 Å². The van der Waals surface area contributed by atoms with E-state index < -0.39 is 15.8 Å². The maximum atomic E-state index is 5.41. The van der Waals surface area contributed by atoms with Crippen molar-refractivity contribution in [2.75, 3.05) is 60.9 Å². The number of ether oxygens (including phenoxy) is 4. The van der Waals surface area contributed by atoms with Gasteiger partial charge in [-0.25, -0.2) is 0 Å². The molecular formula is C33H39NO4P2. The fourth-order valence-electron chi connectivity index (χ4n) is 4.52. The minimum absolute atomic E-state index is 0.519. The van der Waals surface area contributed by atoms with Gasteiger partial charge in [0.15, 0.2) is 0 Å². The van der Waals surface area contributed by atoms with E-state index in [9.17, 15) is 0 Å². The Morgan fingerprint density at radius 1 is 0.425 bits per heavy atom. The van der Waals surface area contributed by atoms with Gasteiger partial charge in [0.1, 0.15) is 23.0 Å². The van der Waals surface area contributed by atoms with Gasteiger partial charge in [-0.3, -0.25) is 0 Å². The van der Waals surface area contributed by atoms with Gasteiger partial charge in [0.25, 0.3) is 0 Å². The first-order valence-corrected chi connectivity index (χ1v) is 16.4. The Morgan fingerprint density at radius 3 is 0.850 bits per heavy atom. The van der Waals surface area contributed by atoms with Crippen LogP contribution in [0.4, 0.5) is 0 Å². The van der Waals surface area contributed by atoms with Crippen molar-refractivity contribution in [3.05, 3.63) is 97.1 Å². The maximum absolute atomic E-state index is 5.41. The van der Waals surface area contributed by atoms with Gasteiger partial charge < -0.3 is 23.8 Å². The van der Waals surface area contributed by atoms with E-state index in [1.807, 2.05) is 0 Å². The average Bonchev–Trinajstić information content (AvgIpc) is 3.02. The summed E-state index contributed by atoms with van der Waals surface area (Å²) in [7, 11) is 8.05. The van der Waals surface area contributed by atoms with Gasteiger partial charge in [-0.1, -0.05) is 48.5 Å². The molecule has 0 saturated carbocycles. The minimum atomic E-state index is -0.519. The van der Waals surface area contributed by atoms with Gasteiger partial charge in [0, 0.05) is 13.1 Å². The second-order valence-electron chi connectivity index (χ2n) is 9.40.